The Kier molecular flexibility index (Phi) is 5.39. The fraction of sp³-hybridized carbons (Fsp3) is 0.450. The van der Waals surface area contributed by atoms with Crippen molar-refractivity contribution in [2.75, 3.05) is 19.6 Å². The predicted octanol–water partition coefficient (Wildman–Crippen LogP) is 1.35. The molecule has 1 aromatic carbocycles. The summed E-state index contributed by atoms with van der Waals surface area (Å²) in [5.74, 6) is 0.312. The SMILES string of the molecule is CCN1CCC[C@H]1CNC(=O)c1nc(Cn2c(C)nc3ccccc3c2=O)no1. The molecule has 1 atom stereocenters. The van der Waals surface area contributed by atoms with Crippen molar-refractivity contribution in [3.63, 3.8) is 0 Å². The number of aryl methyl sites for hydroxylation is 1. The number of rotatable bonds is 6. The van der Waals surface area contributed by atoms with Crippen LogP contribution in [0.25, 0.3) is 10.9 Å². The molecule has 0 radical (unpaired) electrons. The third-order valence-electron chi connectivity index (χ3n) is 5.42. The molecule has 1 N–H and O–H groups in total. The second-order valence-corrected chi connectivity index (χ2v) is 7.22. The van der Waals surface area contributed by atoms with Gasteiger partial charge in [0.2, 0.25) is 0 Å². The molecule has 1 fully saturated rings. The molecule has 1 aliphatic rings. The highest BCUT2D eigenvalue weighted by atomic mass is 16.5. The van der Waals surface area contributed by atoms with Crippen molar-refractivity contribution in [3.8, 4) is 0 Å². The number of likely N-dealkylation sites (N-methyl/N-ethyl adjacent to an activating group) is 1. The molecule has 1 aliphatic heterocycles. The molecular weight excluding hydrogens is 372 g/mol. The minimum atomic E-state index is -0.396. The molecule has 0 aliphatic carbocycles. The number of hydrogen-bond donors (Lipinski definition) is 1. The second kappa shape index (κ2) is 8.12. The first kappa shape index (κ1) is 19.3. The Hall–Kier alpha value is -3.07. The average molecular weight is 396 g/mol. The highest BCUT2D eigenvalue weighted by Crippen LogP contribution is 2.15. The highest BCUT2D eigenvalue weighted by molar-refractivity contribution is 5.89. The van der Waals surface area contributed by atoms with Gasteiger partial charge in [0.25, 0.3) is 5.56 Å². The molecule has 0 bridgehead atoms. The first-order valence-electron chi connectivity index (χ1n) is 9.88. The Bertz CT molecular complexity index is 1090. The van der Waals surface area contributed by atoms with Gasteiger partial charge in [0.1, 0.15) is 5.82 Å². The van der Waals surface area contributed by atoms with E-state index in [9.17, 15) is 9.59 Å². The minimum absolute atomic E-state index is 0.0888. The van der Waals surface area contributed by atoms with Crippen LogP contribution in [-0.2, 0) is 6.54 Å². The number of fused-ring (bicyclic) bond motifs is 1. The number of carbonyl (C=O) groups excluding carboxylic acids is 1. The Balaban J connectivity index is 1.46. The zero-order valence-corrected chi connectivity index (χ0v) is 16.6. The van der Waals surface area contributed by atoms with E-state index in [1.807, 2.05) is 6.07 Å². The van der Waals surface area contributed by atoms with Gasteiger partial charge in [0.05, 0.1) is 17.4 Å². The number of carbonyl (C=O) groups is 1. The van der Waals surface area contributed by atoms with Crippen LogP contribution in [0.2, 0.25) is 0 Å². The summed E-state index contributed by atoms with van der Waals surface area (Å²) in [5.41, 5.74) is 0.470. The monoisotopic (exact) mass is 396 g/mol. The first-order chi connectivity index (χ1) is 14.1. The van der Waals surface area contributed by atoms with Crippen LogP contribution in [0.4, 0.5) is 0 Å². The predicted molar refractivity (Wildman–Crippen MR) is 107 cm³/mol. The molecule has 29 heavy (non-hydrogen) atoms. The van der Waals surface area contributed by atoms with E-state index in [-0.39, 0.29) is 23.8 Å². The van der Waals surface area contributed by atoms with Crippen molar-refractivity contribution in [1.29, 1.82) is 0 Å². The normalized spacial score (nSPS) is 17.1. The van der Waals surface area contributed by atoms with E-state index in [1.165, 1.54) is 4.57 Å². The third kappa shape index (κ3) is 3.91. The number of benzene rings is 1. The molecule has 3 heterocycles. The second-order valence-electron chi connectivity index (χ2n) is 7.22. The number of likely N-dealkylation sites (tertiary alicyclic amines) is 1. The lowest BCUT2D eigenvalue weighted by atomic mass is 10.2. The lowest BCUT2D eigenvalue weighted by Gasteiger charge is -2.22. The fourth-order valence-corrected chi connectivity index (χ4v) is 3.85. The van der Waals surface area contributed by atoms with Gasteiger partial charge in [-0.1, -0.05) is 24.2 Å². The molecule has 4 rings (SSSR count). The van der Waals surface area contributed by atoms with Crippen molar-refractivity contribution in [2.45, 2.75) is 39.3 Å². The van der Waals surface area contributed by atoms with Gasteiger partial charge in [-0.05, 0) is 45.0 Å². The van der Waals surface area contributed by atoms with Gasteiger partial charge in [0.15, 0.2) is 5.82 Å². The van der Waals surface area contributed by atoms with Crippen LogP contribution >= 0.6 is 0 Å². The van der Waals surface area contributed by atoms with Crippen LogP contribution in [0.1, 0.15) is 42.1 Å². The summed E-state index contributed by atoms with van der Waals surface area (Å²) in [6, 6.07) is 7.52. The first-order valence-corrected chi connectivity index (χ1v) is 9.88. The maximum absolute atomic E-state index is 12.8. The van der Waals surface area contributed by atoms with Crippen LogP contribution in [0, 0.1) is 6.92 Å². The molecule has 0 unspecified atom stereocenters. The lowest BCUT2D eigenvalue weighted by Crippen LogP contribution is -2.40. The number of nitrogens with zero attached hydrogens (tertiary/aromatic N) is 5. The van der Waals surface area contributed by atoms with Gasteiger partial charge in [-0.3, -0.25) is 19.1 Å². The van der Waals surface area contributed by atoms with Crippen molar-refractivity contribution < 1.29 is 9.32 Å². The Morgan fingerprint density at radius 1 is 1.31 bits per heavy atom. The van der Waals surface area contributed by atoms with E-state index in [0.717, 1.165) is 25.9 Å². The molecular formula is C20H24N6O3. The molecule has 0 spiro atoms. The molecule has 2 aromatic heterocycles. The van der Waals surface area contributed by atoms with Gasteiger partial charge in [0, 0.05) is 12.6 Å². The van der Waals surface area contributed by atoms with Gasteiger partial charge >= 0.3 is 11.8 Å². The van der Waals surface area contributed by atoms with E-state index < -0.39 is 5.91 Å². The van der Waals surface area contributed by atoms with E-state index in [0.29, 0.717) is 29.3 Å². The lowest BCUT2D eigenvalue weighted by molar-refractivity contribution is 0.0897. The van der Waals surface area contributed by atoms with E-state index in [4.69, 9.17) is 4.52 Å². The van der Waals surface area contributed by atoms with Crippen LogP contribution < -0.4 is 10.9 Å². The van der Waals surface area contributed by atoms with Crippen LogP contribution in [0.5, 0.6) is 0 Å². The van der Waals surface area contributed by atoms with Crippen molar-refractivity contribution >= 4 is 16.8 Å². The molecule has 0 saturated carbocycles. The van der Waals surface area contributed by atoms with E-state index in [1.54, 1.807) is 25.1 Å². The molecule has 1 saturated heterocycles. The third-order valence-corrected chi connectivity index (χ3v) is 5.42. The van der Waals surface area contributed by atoms with Crippen molar-refractivity contribution in [3.05, 3.63) is 52.2 Å². The molecule has 9 heteroatoms. The number of nitrogens with one attached hydrogen (secondary N) is 1. The Morgan fingerprint density at radius 3 is 2.97 bits per heavy atom. The summed E-state index contributed by atoms with van der Waals surface area (Å²) < 4.78 is 6.59. The standard InChI is InChI=1S/C20H24N6O3/c1-3-25-10-6-7-14(25)11-21-18(27)19-23-17(24-29-19)12-26-13(2)22-16-9-5-4-8-15(16)20(26)28/h4-5,8-9,14H,3,6-7,10-12H2,1-2H3,(H,21,27)/t14-/m0/s1. The van der Waals surface area contributed by atoms with Crippen LogP contribution in [-0.4, -0.2) is 56.2 Å². The number of aromatic nitrogens is 4. The van der Waals surface area contributed by atoms with E-state index in [2.05, 4.69) is 32.3 Å². The fourth-order valence-electron chi connectivity index (χ4n) is 3.85. The molecule has 152 valence electrons. The minimum Gasteiger partial charge on any atom is -0.346 e. The summed E-state index contributed by atoms with van der Waals surface area (Å²) >= 11 is 0. The van der Waals surface area contributed by atoms with Crippen molar-refractivity contribution in [2.24, 2.45) is 0 Å². The Labute approximate surface area is 167 Å². The summed E-state index contributed by atoms with van der Waals surface area (Å²) in [6.45, 7) is 6.55. The smallest absolute Gasteiger partial charge is 0.316 e. The van der Waals surface area contributed by atoms with Crippen molar-refractivity contribution in [1.82, 2.24) is 29.9 Å². The molecule has 3 aromatic rings. The van der Waals surface area contributed by atoms with Gasteiger partial charge in [-0.15, -0.1) is 0 Å². The maximum atomic E-state index is 12.8. The quantitative estimate of drug-likeness (QED) is 0.670. The summed E-state index contributed by atoms with van der Waals surface area (Å²) in [4.78, 5) is 36.1. The van der Waals surface area contributed by atoms with Gasteiger partial charge in [-0.25, -0.2) is 4.98 Å². The zero-order valence-electron chi connectivity index (χ0n) is 16.6. The largest absolute Gasteiger partial charge is 0.346 e. The van der Waals surface area contributed by atoms with Gasteiger partial charge < -0.3 is 9.84 Å². The van der Waals surface area contributed by atoms with Crippen LogP contribution in [0.15, 0.2) is 33.6 Å². The summed E-state index contributed by atoms with van der Waals surface area (Å²) in [7, 11) is 0. The highest BCUT2D eigenvalue weighted by Gasteiger charge is 2.24. The maximum Gasteiger partial charge on any atom is 0.316 e. The topological polar surface area (TPSA) is 106 Å². The zero-order chi connectivity index (χ0) is 20.4. The Morgan fingerprint density at radius 2 is 2.14 bits per heavy atom. The number of para-hydroxylation sites is 1. The molecule has 1 amide bonds. The molecule has 9 nitrogen and oxygen atoms in total. The summed E-state index contributed by atoms with van der Waals surface area (Å²) in [5, 5.41) is 7.26. The van der Waals surface area contributed by atoms with Gasteiger partial charge in [-0.2, -0.15) is 4.98 Å². The number of hydrogen-bond acceptors (Lipinski definition) is 7. The summed E-state index contributed by atoms with van der Waals surface area (Å²) in [6.07, 6.45) is 2.22. The number of amides is 1. The average Bonchev–Trinajstić information content (AvgIpc) is 3.38. The van der Waals surface area contributed by atoms with Crippen LogP contribution in [0.3, 0.4) is 0 Å². The van der Waals surface area contributed by atoms with E-state index >= 15 is 0 Å².